The van der Waals surface area contributed by atoms with E-state index in [1.165, 1.54) is 5.56 Å². The zero-order valence-electron chi connectivity index (χ0n) is 10.4. The lowest BCUT2D eigenvalue weighted by molar-refractivity contribution is 0.210. The van der Waals surface area contributed by atoms with E-state index in [2.05, 4.69) is 34.7 Å². The smallest absolute Gasteiger partial charge is 0.0486 e. The Morgan fingerprint density at radius 2 is 2.12 bits per heavy atom. The van der Waals surface area contributed by atoms with Gasteiger partial charge in [0.15, 0.2) is 0 Å². The number of piperazine rings is 1. The Morgan fingerprint density at radius 1 is 1.41 bits per heavy atom. The fourth-order valence-corrected chi connectivity index (χ4v) is 2.55. The van der Waals surface area contributed by atoms with Crippen molar-refractivity contribution in [1.29, 1.82) is 0 Å². The highest BCUT2D eigenvalue weighted by atomic mass is 35.5. The van der Waals surface area contributed by atoms with Crippen molar-refractivity contribution in [3.05, 3.63) is 34.9 Å². The zero-order valence-corrected chi connectivity index (χ0v) is 11.2. The molecule has 17 heavy (non-hydrogen) atoms. The molecule has 0 saturated carbocycles. The minimum absolute atomic E-state index is 0.329. The molecule has 1 aliphatic rings. The molecule has 0 spiro atoms. The predicted octanol–water partition coefficient (Wildman–Crippen LogP) is 1.50. The van der Waals surface area contributed by atoms with Crippen LogP contribution >= 0.6 is 11.6 Å². The van der Waals surface area contributed by atoms with Crippen LogP contribution in [0.1, 0.15) is 11.6 Å². The minimum Gasteiger partial charge on any atom is -0.312 e. The van der Waals surface area contributed by atoms with Crippen molar-refractivity contribution >= 4 is 11.6 Å². The van der Waals surface area contributed by atoms with Gasteiger partial charge in [-0.2, -0.15) is 0 Å². The van der Waals surface area contributed by atoms with Gasteiger partial charge in [-0.1, -0.05) is 23.7 Å². The van der Waals surface area contributed by atoms with Crippen molar-refractivity contribution in [2.45, 2.75) is 12.1 Å². The van der Waals surface area contributed by atoms with Crippen molar-refractivity contribution in [1.82, 2.24) is 15.5 Å². The van der Waals surface area contributed by atoms with E-state index in [9.17, 15) is 0 Å². The maximum atomic E-state index is 5.92. The first-order valence-electron chi connectivity index (χ1n) is 6.05. The van der Waals surface area contributed by atoms with Gasteiger partial charge in [-0.15, -0.1) is 0 Å². The molecule has 4 heteroatoms. The van der Waals surface area contributed by atoms with Gasteiger partial charge in [0.25, 0.3) is 0 Å². The van der Waals surface area contributed by atoms with Crippen LogP contribution in [0.25, 0.3) is 0 Å². The summed E-state index contributed by atoms with van der Waals surface area (Å²) < 4.78 is 0. The highest BCUT2D eigenvalue weighted by Gasteiger charge is 2.25. The molecule has 1 saturated heterocycles. The average molecular weight is 254 g/mol. The highest BCUT2D eigenvalue weighted by molar-refractivity contribution is 6.30. The molecule has 0 aromatic heterocycles. The second-order valence-corrected chi connectivity index (χ2v) is 5.08. The first-order valence-corrected chi connectivity index (χ1v) is 6.43. The van der Waals surface area contributed by atoms with Gasteiger partial charge in [-0.25, -0.2) is 0 Å². The van der Waals surface area contributed by atoms with E-state index in [1.54, 1.807) is 0 Å². The lowest BCUT2D eigenvalue weighted by Crippen LogP contribution is -2.54. The molecular weight excluding hydrogens is 234 g/mol. The third-order valence-electron chi connectivity index (χ3n) is 3.35. The number of benzene rings is 1. The Morgan fingerprint density at radius 3 is 2.71 bits per heavy atom. The molecule has 3 nitrogen and oxygen atoms in total. The summed E-state index contributed by atoms with van der Waals surface area (Å²) in [5.41, 5.74) is 1.28. The topological polar surface area (TPSA) is 27.3 Å². The minimum atomic E-state index is 0.329. The fraction of sp³-hybridized carbons (Fsp3) is 0.538. The van der Waals surface area contributed by atoms with E-state index in [0.29, 0.717) is 12.1 Å². The quantitative estimate of drug-likeness (QED) is 0.855. The van der Waals surface area contributed by atoms with Crippen molar-refractivity contribution < 1.29 is 0 Å². The predicted molar refractivity (Wildman–Crippen MR) is 72.5 cm³/mol. The molecule has 0 aliphatic carbocycles. The summed E-state index contributed by atoms with van der Waals surface area (Å²) in [6.45, 7) is 3.23. The van der Waals surface area contributed by atoms with Crippen molar-refractivity contribution in [3.63, 3.8) is 0 Å². The maximum absolute atomic E-state index is 5.92. The summed E-state index contributed by atoms with van der Waals surface area (Å²) in [6.07, 6.45) is 0. The number of nitrogens with zero attached hydrogens (tertiary/aromatic N) is 1. The SMILES string of the molecule is CNC(c1ccc(Cl)cc1)C1CN(C)CCN1. The molecule has 0 amide bonds. The van der Waals surface area contributed by atoms with Crippen LogP contribution in [0.2, 0.25) is 5.02 Å². The van der Waals surface area contributed by atoms with Gasteiger partial charge < -0.3 is 15.5 Å². The summed E-state index contributed by atoms with van der Waals surface area (Å²) in [6, 6.07) is 8.87. The molecule has 2 rings (SSSR count). The summed E-state index contributed by atoms with van der Waals surface area (Å²) in [5, 5.41) is 7.76. The summed E-state index contributed by atoms with van der Waals surface area (Å²) in [5.74, 6) is 0. The third kappa shape index (κ3) is 3.19. The molecular formula is C13H20ClN3. The average Bonchev–Trinajstić information content (AvgIpc) is 2.33. The maximum Gasteiger partial charge on any atom is 0.0486 e. The third-order valence-corrected chi connectivity index (χ3v) is 3.60. The second-order valence-electron chi connectivity index (χ2n) is 4.64. The molecule has 1 aromatic rings. The van der Waals surface area contributed by atoms with Crippen molar-refractivity contribution in [2.24, 2.45) is 0 Å². The van der Waals surface area contributed by atoms with E-state index in [0.717, 1.165) is 24.7 Å². The Kier molecular flexibility index (Phi) is 4.40. The molecule has 1 fully saturated rings. The molecule has 2 atom stereocenters. The van der Waals surface area contributed by atoms with Crippen molar-refractivity contribution in [3.8, 4) is 0 Å². The first kappa shape index (κ1) is 12.8. The number of hydrogen-bond acceptors (Lipinski definition) is 3. The first-order chi connectivity index (χ1) is 8.20. The summed E-state index contributed by atoms with van der Waals surface area (Å²) in [7, 11) is 4.18. The van der Waals surface area contributed by atoms with Crippen LogP contribution in [-0.4, -0.2) is 44.7 Å². The molecule has 2 N–H and O–H groups in total. The molecule has 0 radical (unpaired) electrons. The van der Waals surface area contributed by atoms with Crippen LogP contribution in [0.5, 0.6) is 0 Å². The van der Waals surface area contributed by atoms with Gasteiger partial charge in [-0.05, 0) is 31.8 Å². The molecule has 1 aliphatic heterocycles. The van der Waals surface area contributed by atoms with E-state index in [4.69, 9.17) is 11.6 Å². The molecule has 0 bridgehead atoms. The Labute approximate surface area is 108 Å². The lowest BCUT2D eigenvalue weighted by Gasteiger charge is -2.36. The van der Waals surface area contributed by atoms with E-state index in [-0.39, 0.29) is 0 Å². The summed E-state index contributed by atoms with van der Waals surface area (Å²) >= 11 is 5.92. The highest BCUT2D eigenvalue weighted by Crippen LogP contribution is 2.20. The number of halogens is 1. The van der Waals surface area contributed by atoms with Gasteiger partial charge in [0, 0.05) is 36.7 Å². The van der Waals surface area contributed by atoms with Crippen LogP contribution in [0, 0.1) is 0 Å². The molecule has 1 aromatic carbocycles. The number of likely N-dealkylation sites (N-methyl/N-ethyl adjacent to an activating group) is 2. The van der Waals surface area contributed by atoms with Crippen LogP contribution in [-0.2, 0) is 0 Å². The largest absolute Gasteiger partial charge is 0.312 e. The van der Waals surface area contributed by atoms with E-state index < -0.39 is 0 Å². The van der Waals surface area contributed by atoms with Gasteiger partial charge in [0.2, 0.25) is 0 Å². The lowest BCUT2D eigenvalue weighted by atomic mass is 9.98. The van der Waals surface area contributed by atoms with Gasteiger partial charge >= 0.3 is 0 Å². The summed E-state index contributed by atoms with van der Waals surface area (Å²) in [4.78, 5) is 2.36. The fourth-order valence-electron chi connectivity index (χ4n) is 2.43. The van der Waals surface area contributed by atoms with Crippen LogP contribution < -0.4 is 10.6 Å². The van der Waals surface area contributed by atoms with E-state index in [1.807, 2.05) is 19.2 Å². The number of rotatable bonds is 3. The number of nitrogens with one attached hydrogen (secondary N) is 2. The number of hydrogen-bond donors (Lipinski definition) is 2. The Hall–Kier alpha value is -0.610. The second kappa shape index (κ2) is 5.83. The van der Waals surface area contributed by atoms with Crippen LogP contribution in [0.15, 0.2) is 24.3 Å². The van der Waals surface area contributed by atoms with Crippen LogP contribution in [0.4, 0.5) is 0 Å². The van der Waals surface area contributed by atoms with E-state index >= 15 is 0 Å². The van der Waals surface area contributed by atoms with Gasteiger partial charge in [0.1, 0.15) is 0 Å². The zero-order chi connectivity index (χ0) is 12.3. The van der Waals surface area contributed by atoms with Gasteiger partial charge in [-0.3, -0.25) is 0 Å². The molecule has 2 unspecified atom stereocenters. The van der Waals surface area contributed by atoms with Gasteiger partial charge in [0.05, 0.1) is 0 Å². The molecule has 94 valence electrons. The van der Waals surface area contributed by atoms with Crippen molar-refractivity contribution in [2.75, 3.05) is 33.7 Å². The normalized spacial score (nSPS) is 23.6. The Balaban J connectivity index is 2.12. The standard InChI is InChI=1S/C13H20ClN3/c1-15-13(10-3-5-11(14)6-4-10)12-9-17(2)8-7-16-12/h3-6,12-13,15-16H,7-9H2,1-2H3. The molecule has 1 heterocycles. The monoisotopic (exact) mass is 253 g/mol. The Bertz CT molecular complexity index is 352. The van der Waals surface area contributed by atoms with Crippen LogP contribution in [0.3, 0.4) is 0 Å².